The number of benzene rings is 3. The molecule has 0 fully saturated rings. The largest absolute Gasteiger partial charge is 0.456 e. The fraction of sp³-hybridized carbons (Fsp3) is 0.0263. The van der Waals surface area contributed by atoms with Crippen LogP contribution in [0, 0.1) is 0 Å². The molecule has 1 unspecified atom stereocenters. The molecule has 0 bridgehead atoms. The second-order valence-electron chi connectivity index (χ2n) is 12.5. The highest BCUT2D eigenvalue weighted by atomic mass is 16.5. The summed E-state index contributed by atoms with van der Waals surface area (Å²) in [5.74, 6) is 1.79. The van der Waals surface area contributed by atoms with Gasteiger partial charge >= 0.3 is 5.66 Å². The first-order valence-electron chi connectivity index (χ1n) is 15.1. The van der Waals surface area contributed by atoms with E-state index < -0.39 is 5.66 Å². The number of aromatic nitrogens is 5. The van der Waals surface area contributed by atoms with Crippen molar-refractivity contribution >= 4 is 76.5 Å². The fourth-order valence-corrected chi connectivity index (χ4v) is 9.26. The Labute approximate surface area is 247 Å². The van der Waals surface area contributed by atoms with Crippen LogP contribution in [0.25, 0.3) is 76.5 Å². The summed E-state index contributed by atoms with van der Waals surface area (Å²) in [7, 11) is 0. The number of hydrogen-bond donors (Lipinski definition) is 0. The van der Waals surface area contributed by atoms with E-state index in [0.717, 1.165) is 16.9 Å². The number of fused-ring (bicyclic) bond motifs is 6. The number of rotatable bonds is 0. The quantitative estimate of drug-likeness (QED) is 0.146. The van der Waals surface area contributed by atoms with Crippen LogP contribution >= 0.6 is 0 Å². The van der Waals surface area contributed by atoms with E-state index in [0.29, 0.717) is 0 Å². The van der Waals surface area contributed by atoms with E-state index in [-0.39, 0.29) is 0 Å². The number of hydrogen-bond acceptors (Lipinski definition) is 2. The minimum Gasteiger partial charge on any atom is -0.456 e. The van der Waals surface area contributed by atoms with Gasteiger partial charge in [-0.15, -0.1) is 0 Å². The Hall–Kier alpha value is -6.01. The average molecular weight is 562 g/mol. The lowest BCUT2D eigenvalue weighted by molar-refractivity contribution is -0.953. The molecule has 10 aromatic rings. The van der Waals surface area contributed by atoms with Crippen molar-refractivity contribution in [2.45, 2.75) is 5.66 Å². The monoisotopic (exact) mass is 561 g/mol. The van der Waals surface area contributed by atoms with Gasteiger partial charge in [0, 0.05) is 51.5 Å². The van der Waals surface area contributed by atoms with Crippen LogP contribution in [-0.2, 0) is 5.66 Å². The second kappa shape index (κ2) is 6.33. The van der Waals surface area contributed by atoms with Gasteiger partial charge < -0.3 is 4.74 Å². The van der Waals surface area contributed by atoms with Crippen molar-refractivity contribution in [3.63, 3.8) is 0 Å². The van der Waals surface area contributed by atoms with Crippen molar-refractivity contribution in [1.29, 1.82) is 0 Å². The fourth-order valence-electron chi connectivity index (χ4n) is 9.26. The van der Waals surface area contributed by atoms with Crippen LogP contribution < -0.4 is 13.9 Å². The molecule has 0 saturated heterocycles. The van der Waals surface area contributed by atoms with E-state index in [1.165, 1.54) is 82.2 Å². The Balaban J connectivity index is 1.42. The van der Waals surface area contributed by atoms with Crippen LogP contribution in [0.3, 0.4) is 0 Å². The van der Waals surface area contributed by atoms with Gasteiger partial charge in [0.2, 0.25) is 0 Å². The zero-order chi connectivity index (χ0) is 28.1. The molecule has 1 atom stereocenters. The molecule has 6 nitrogen and oxygen atoms in total. The molecule has 10 heterocycles. The predicted octanol–water partition coefficient (Wildman–Crippen LogP) is 7.11. The smallest absolute Gasteiger partial charge is 0.321 e. The summed E-state index contributed by atoms with van der Waals surface area (Å²) >= 11 is 0. The molecule has 7 aromatic heterocycles. The first kappa shape index (κ1) is 20.8. The summed E-state index contributed by atoms with van der Waals surface area (Å²) in [5.41, 5.74) is 8.80. The first-order chi connectivity index (χ1) is 21.8. The predicted molar refractivity (Wildman–Crippen MR) is 170 cm³/mol. The summed E-state index contributed by atoms with van der Waals surface area (Å²) in [5, 5.41) is 9.75. The number of pyridine rings is 5. The maximum Gasteiger partial charge on any atom is 0.321 e. The van der Waals surface area contributed by atoms with Crippen LogP contribution in [0.15, 0.2) is 116 Å². The lowest BCUT2D eigenvalue weighted by Gasteiger charge is -2.39. The van der Waals surface area contributed by atoms with Crippen LogP contribution in [0.1, 0.15) is 11.1 Å². The molecule has 3 aliphatic heterocycles. The molecule has 0 saturated carbocycles. The van der Waals surface area contributed by atoms with Gasteiger partial charge in [-0.25, -0.2) is 0 Å². The van der Waals surface area contributed by atoms with E-state index in [2.05, 4.69) is 126 Å². The topological polar surface area (TPSA) is 38.7 Å². The highest BCUT2D eigenvalue weighted by molar-refractivity contribution is 6.19. The molecule has 1 spiro atoms. The van der Waals surface area contributed by atoms with Gasteiger partial charge in [-0.3, -0.25) is 4.98 Å². The first-order valence-corrected chi connectivity index (χ1v) is 15.1. The SMILES string of the molecule is c1ccc2c(c1)c1ccc3c4c1n1c2cc2ccc[n+](c21)C41c2c(ccc4c5ccncc5c5cc6ccc[n+]1c6n5c24)O3. The Bertz CT molecular complexity index is 2880. The third-order valence-corrected chi connectivity index (χ3v) is 10.7. The van der Waals surface area contributed by atoms with E-state index >= 15 is 0 Å². The summed E-state index contributed by atoms with van der Waals surface area (Å²) in [6.07, 6.45) is 8.46. The summed E-state index contributed by atoms with van der Waals surface area (Å²) < 4.78 is 17.0. The summed E-state index contributed by atoms with van der Waals surface area (Å²) in [4.78, 5) is 4.55. The molecule has 0 radical (unpaired) electrons. The van der Waals surface area contributed by atoms with Crippen molar-refractivity contribution in [3.05, 3.63) is 127 Å². The van der Waals surface area contributed by atoms with Crippen LogP contribution in [-0.4, -0.2) is 13.8 Å². The molecule has 3 aliphatic rings. The zero-order valence-corrected chi connectivity index (χ0v) is 23.1. The number of nitrogens with zero attached hydrogens (tertiary/aromatic N) is 5. The van der Waals surface area contributed by atoms with Gasteiger partial charge in [0.25, 0.3) is 11.3 Å². The maximum atomic E-state index is 6.99. The molecule has 3 aromatic carbocycles. The van der Waals surface area contributed by atoms with Crippen molar-refractivity contribution in [1.82, 2.24) is 13.8 Å². The Kier molecular flexibility index (Phi) is 2.99. The maximum absolute atomic E-state index is 6.99. The number of ether oxygens (including phenoxy) is 1. The van der Waals surface area contributed by atoms with E-state index in [4.69, 9.17) is 4.74 Å². The molecule has 0 aliphatic carbocycles. The van der Waals surface area contributed by atoms with Gasteiger partial charge in [0.1, 0.15) is 33.7 Å². The summed E-state index contributed by atoms with van der Waals surface area (Å²) in [6, 6.07) is 33.4. The molecule has 0 amide bonds. The Morgan fingerprint density at radius 3 is 1.82 bits per heavy atom. The summed E-state index contributed by atoms with van der Waals surface area (Å²) in [6.45, 7) is 0. The van der Waals surface area contributed by atoms with E-state index in [1.54, 1.807) is 0 Å². The highest BCUT2D eigenvalue weighted by Crippen LogP contribution is 2.55. The van der Waals surface area contributed by atoms with Gasteiger partial charge in [0.15, 0.2) is 11.0 Å². The Morgan fingerprint density at radius 2 is 1.16 bits per heavy atom. The lowest BCUT2D eigenvalue weighted by Crippen LogP contribution is -2.77. The molecular formula is C38H19N5O+2. The third kappa shape index (κ3) is 1.86. The average Bonchev–Trinajstić information content (AvgIpc) is 3.67. The minimum atomic E-state index is -0.716. The van der Waals surface area contributed by atoms with Gasteiger partial charge in [-0.1, -0.05) is 24.3 Å². The molecule has 6 heteroatoms. The van der Waals surface area contributed by atoms with Crippen molar-refractivity contribution < 1.29 is 13.9 Å². The van der Waals surface area contributed by atoms with Crippen LogP contribution in [0.5, 0.6) is 11.5 Å². The van der Waals surface area contributed by atoms with Gasteiger partial charge in [-0.05, 0) is 60.0 Å². The molecule has 200 valence electrons. The molecular weight excluding hydrogens is 542 g/mol. The van der Waals surface area contributed by atoms with E-state index in [1.807, 2.05) is 12.4 Å². The third-order valence-electron chi connectivity index (χ3n) is 10.7. The van der Waals surface area contributed by atoms with Gasteiger partial charge in [0.05, 0.1) is 23.2 Å². The molecule has 44 heavy (non-hydrogen) atoms. The standard InChI is InChI=1S/C38H19N5O/c1-2-8-24-22(7-1)25-9-11-30-32-34(25)42-28(24)17-20-5-3-15-40(36(20)42)38(32)33-31(44-30)12-10-26-23-13-14-39-19-27(23)29-18-21-6-4-16-41(38)37(21)43(29)35(26)33/h1-19H/q+2. The van der Waals surface area contributed by atoms with Crippen molar-refractivity contribution in [2.75, 3.05) is 0 Å². The van der Waals surface area contributed by atoms with E-state index in [9.17, 15) is 0 Å². The van der Waals surface area contributed by atoms with Crippen molar-refractivity contribution in [3.8, 4) is 11.5 Å². The highest BCUT2D eigenvalue weighted by Gasteiger charge is 2.63. The van der Waals surface area contributed by atoms with Crippen LogP contribution in [0.4, 0.5) is 0 Å². The molecule has 0 N–H and O–H groups in total. The second-order valence-corrected chi connectivity index (χ2v) is 12.5. The van der Waals surface area contributed by atoms with Gasteiger partial charge in [-0.2, -0.15) is 17.9 Å². The Morgan fingerprint density at radius 1 is 0.568 bits per heavy atom. The zero-order valence-electron chi connectivity index (χ0n) is 23.1. The lowest BCUT2D eigenvalue weighted by atomic mass is 9.81. The van der Waals surface area contributed by atoms with Crippen LogP contribution in [0.2, 0.25) is 0 Å². The minimum absolute atomic E-state index is 0.716. The normalized spacial score (nSPS) is 17.4. The van der Waals surface area contributed by atoms with Crippen molar-refractivity contribution in [2.24, 2.45) is 0 Å². The molecule has 13 rings (SSSR count).